The van der Waals surface area contributed by atoms with E-state index < -0.39 is 51.5 Å². The van der Waals surface area contributed by atoms with E-state index in [1.54, 1.807) is 26.4 Å². The van der Waals surface area contributed by atoms with E-state index in [1.165, 1.54) is 18.3 Å². The summed E-state index contributed by atoms with van der Waals surface area (Å²) in [4.78, 5) is 27.2. The van der Waals surface area contributed by atoms with Gasteiger partial charge >= 0.3 is 5.69 Å². The lowest BCUT2D eigenvalue weighted by atomic mass is 9.80. The fourth-order valence-electron chi connectivity index (χ4n) is 6.29. The van der Waals surface area contributed by atoms with Gasteiger partial charge in [-0.1, -0.05) is 72.3 Å². The molecule has 0 spiro atoms. The van der Waals surface area contributed by atoms with E-state index in [0.29, 0.717) is 11.5 Å². The van der Waals surface area contributed by atoms with Gasteiger partial charge in [-0.2, -0.15) is 8.42 Å². The number of aliphatic hydroxyl groups is 1. The van der Waals surface area contributed by atoms with E-state index >= 15 is 0 Å². The van der Waals surface area contributed by atoms with Gasteiger partial charge in [0.1, 0.15) is 29.8 Å². The molecular weight excluding hydrogens is 676 g/mol. The molecule has 5 aromatic rings. The Morgan fingerprint density at radius 1 is 0.843 bits per heavy atom. The number of nitrogens with one attached hydrogen (secondary N) is 1. The standard InChI is InChI=1S/C38H38N2O10S/c1-26-9-19-32(20-10-26)51(44,45)49-25-37(40-22-21-35(42)39-36(40)43)23-33(41)34(50-37)24-48-38(27-7-5-4-6-8-27,28-11-15-30(46-2)16-12-28)29-13-17-31(47-3)18-14-29/h4-22,33-34,41H,23-25H2,1-3H3,(H,39,42,43)/t33-,34+,37-/m0/s1. The summed E-state index contributed by atoms with van der Waals surface area (Å²) in [5.41, 5.74) is -1.54. The van der Waals surface area contributed by atoms with Crippen LogP contribution in [0.15, 0.2) is 130 Å². The number of hydrogen-bond donors (Lipinski definition) is 2. The van der Waals surface area contributed by atoms with Crippen molar-refractivity contribution >= 4 is 10.1 Å². The number of methoxy groups -OCH3 is 2. The molecule has 12 nitrogen and oxygen atoms in total. The molecule has 1 aliphatic heterocycles. The Hall–Kier alpha value is -5.05. The van der Waals surface area contributed by atoms with E-state index in [9.17, 15) is 23.1 Å². The van der Waals surface area contributed by atoms with E-state index in [1.807, 2.05) is 85.8 Å². The van der Waals surface area contributed by atoms with Crippen LogP contribution in [0.4, 0.5) is 0 Å². The average Bonchev–Trinajstić information content (AvgIpc) is 3.47. The highest BCUT2D eigenvalue weighted by Gasteiger charge is 2.50. The molecule has 0 unspecified atom stereocenters. The fourth-order valence-corrected chi connectivity index (χ4v) is 7.24. The number of aromatic nitrogens is 2. The van der Waals surface area contributed by atoms with E-state index in [-0.39, 0.29) is 17.9 Å². The predicted octanol–water partition coefficient (Wildman–Crippen LogP) is 4.08. The molecule has 2 heterocycles. The molecule has 1 saturated heterocycles. The summed E-state index contributed by atoms with van der Waals surface area (Å²) in [5, 5.41) is 11.5. The minimum Gasteiger partial charge on any atom is -0.497 e. The molecule has 1 aromatic heterocycles. The van der Waals surface area contributed by atoms with Crippen molar-refractivity contribution in [2.24, 2.45) is 0 Å². The van der Waals surface area contributed by atoms with Crippen LogP contribution < -0.4 is 20.7 Å². The summed E-state index contributed by atoms with van der Waals surface area (Å²) in [5.74, 6) is 1.28. The van der Waals surface area contributed by atoms with Crippen LogP contribution in [0.25, 0.3) is 0 Å². The summed E-state index contributed by atoms with van der Waals surface area (Å²) < 4.78 is 57.3. The molecule has 4 aromatic carbocycles. The predicted molar refractivity (Wildman–Crippen MR) is 187 cm³/mol. The van der Waals surface area contributed by atoms with E-state index in [0.717, 1.165) is 32.9 Å². The van der Waals surface area contributed by atoms with Crippen LogP contribution >= 0.6 is 0 Å². The Labute approximate surface area is 294 Å². The highest BCUT2D eigenvalue weighted by atomic mass is 32.2. The van der Waals surface area contributed by atoms with Crippen LogP contribution in [-0.2, 0) is 35.1 Å². The number of aliphatic hydroxyl groups excluding tert-OH is 1. The molecule has 0 bridgehead atoms. The maximum absolute atomic E-state index is 13.3. The second-order valence-electron chi connectivity index (χ2n) is 12.2. The Morgan fingerprint density at radius 2 is 1.41 bits per heavy atom. The van der Waals surface area contributed by atoms with Crippen molar-refractivity contribution in [1.29, 1.82) is 0 Å². The molecule has 1 fully saturated rings. The molecule has 1 aliphatic rings. The second-order valence-corrected chi connectivity index (χ2v) is 13.8. The smallest absolute Gasteiger partial charge is 0.330 e. The summed E-state index contributed by atoms with van der Waals surface area (Å²) in [6.45, 7) is 0.906. The zero-order valence-corrected chi connectivity index (χ0v) is 29.0. The normalized spacial score (nSPS) is 19.1. The van der Waals surface area contributed by atoms with Gasteiger partial charge in [-0.3, -0.25) is 18.5 Å². The number of rotatable bonds is 13. The van der Waals surface area contributed by atoms with Crippen molar-refractivity contribution in [3.8, 4) is 11.5 Å². The van der Waals surface area contributed by atoms with Crippen LogP contribution in [0.1, 0.15) is 28.7 Å². The molecule has 0 saturated carbocycles. The van der Waals surface area contributed by atoms with Crippen molar-refractivity contribution in [2.45, 2.75) is 41.8 Å². The van der Waals surface area contributed by atoms with Gasteiger partial charge in [0.25, 0.3) is 15.7 Å². The van der Waals surface area contributed by atoms with Crippen LogP contribution in [0.5, 0.6) is 11.5 Å². The van der Waals surface area contributed by atoms with Gasteiger partial charge in [0.15, 0.2) is 5.72 Å². The number of nitrogens with zero attached hydrogens (tertiary/aromatic N) is 1. The van der Waals surface area contributed by atoms with Crippen molar-refractivity contribution < 1.29 is 36.7 Å². The third-order valence-corrected chi connectivity index (χ3v) is 10.3. The molecule has 0 radical (unpaired) electrons. The van der Waals surface area contributed by atoms with E-state index in [4.69, 9.17) is 23.1 Å². The molecule has 2 N–H and O–H groups in total. The summed E-state index contributed by atoms with van der Waals surface area (Å²) in [7, 11) is -1.17. The van der Waals surface area contributed by atoms with Gasteiger partial charge in [0.2, 0.25) is 0 Å². The largest absolute Gasteiger partial charge is 0.497 e. The van der Waals surface area contributed by atoms with Crippen LogP contribution in [0.2, 0.25) is 0 Å². The molecule has 3 atom stereocenters. The van der Waals surface area contributed by atoms with Crippen molar-refractivity contribution in [2.75, 3.05) is 27.4 Å². The first kappa shape index (κ1) is 35.8. The Bertz CT molecular complexity index is 2120. The zero-order valence-electron chi connectivity index (χ0n) is 28.2. The summed E-state index contributed by atoms with van der Waals surface area (Å²) in [6.07, 6.45) is -1.43. The number of hydrogen-bond acceptors (Lipinski definition) is 10. The Kier molecular flexibility index (Phi) is 10.3. The SMILES string of the molecule is COc1ccc(C(OC[C@H]2O[C@@](COS(=O)(=O)c3ccc(C)cc3)(n3ccc(=O)[nH]c3=O)C[C@@H]2O)(c2ccccc2)c2ccc(OC)cc2)cc1. The first-order chi connectivity index (χ1) is 24.5. The van der Waals surface area contributed by atoms with Gasteiger partial charge in [-0.05, 0) is 60.0 Å². The first-order valence-corrected chi connectivity index (χ1v) is 17.5. The molecule has 266 valence electrons. The van der Waals surface area contributed by atoms with Crippen LogP contribution in [0, 0.1) is 6.92 Å². The number of benzene rings is 4. The summed E-state index contributed by atoms with van der Waals surface area (Å²) >= 11 is 0. The topological polar surface area (TPSA) is 155 Å². The lowest BCUT2D eigenvalue weighted by molar-refractivity contribution is -0.154. The van der Waals surface area contributed by atoms with Gasteiger partial charge in [0, 0.05) is 18.7 Å². The maximum atomic E-state index is 13.3. The van der Waals surface area contributed by atoms with Crippen molar-refractivity contribution in [3.63, 3.8) is 0 Å². The van der Waals surface area contributed by atoms with Gasteiger partial charge in [-0.15, -0.1) is 0 Å². The molecule has 0 aliphatic carbocycles. The lowest BCUT2D eigenvalue weighted by Crippen LogP contribution is -2.47. The van der Waals surface area contributed by atoms with Crippen molar-refractivity contribution in [3.05, 3.63) is 158 Å². The average molecular weight is 715 g/mol. The lowest BCUT2D eigenvalue weighted by Gasteiger charge is -2.37. The third-order valence-electron chi connectivity index (χ3n) is 8.98. The number of aromatic amines is 1. The molecule has 13 heteroatoms. The number of ether oxygens (including phenoxy) is 4. The second kappa shape index (κ2) is 14.7. The minimum absolute atomic E-state index is 0.0953. The zero-order chi connectivity index (χ0) is 36.2. The van der Waals surface area contributed by atoms with Gasteiger partial charge in [0.05, 0.1) is 31.8 Å². The van der Waals surface area contributed by atoms with Crippen LogP contribution in [-0.4, -0.2) is 62.7 Å². The number of aryl methyl sites for hydroxylation is 1. The maximum Gasteiger partial charge on any atom is 0.330 e. The monoisotopic (exact) mass is 714 g/mol. The third kappa shape index (κ3) is 7.25. The van der Waals surface area contributed by atoms with Gasteiger partial charge < -0.3 is 24.1 Å². The Balaban J connectivity index is 1.39. The van der Waals surface area contributed by atoms with Crippen LogP contribution in [0.3, 0.4) is 0 Å². The van der Waals surface area contributed by atoms with Crippen molar-refractivity contribution in [1.82, 2.24) is 9.55 Å². The highest BCUT2D eigenvalue weighted by Crippen LogP contribution is 2.43. The van der Waals surface area contributed by atoms with E-state index in [2.05, 4.69) is 4.98 Å². The molecular formula is C38H38N2O10S. The minimum atomic E-state index is -4.32. The quantitative estimate of drug-likeness (QED) is 0.135. The highest BCUT2D eigenvalue weighted by molar-refractivity contribution is 7.86. The summed E-state index contributed by atoms with van der Waals surface area (Å²) in [6, 6.07) is 31.5. The molecule has 51 heavy (non-hydrogen) atoms. The molecule has 6 rings (SSSR count). The van der Waals surface area contributed by atoms with Gasteiger partial charge in [-0.25, -0.2) is 4.79 Å². The Morgan fingerprint density at radius 3 is 1.96 bits per heavy atom. The number of H-pyrrole nitrogens is 1. The fraction of sp³-hybridized carbons (Fsp3) is 0.263. The first-order valence-electron chi connectivity index (χ1n) is 16.1. The molecule has 0 amide bonds.